The van der Waals surface area contributed by atoms with E-state index in [1.807, 2.05) is 13.0 Å². The van der Waals surface area contributed by atoms with Crippen molar-refractivity contribution in [3.8, 4) is 5.75 Å². The Morgan fingerprint density at radius 3 is 2.72 bits per heavy atom. The molecule has 4 heteroatoms. The minimum atomic E-state index is -0.358. The van der Waals surface area contributed by atoms with Crippen molar-refractivity contribution in [2.45, 2.75) is 13.5 Å². The minimum absolute atomic E-state index is 0.258. The van der Waals surface area contributed by atoms with Crippen molar-refractivity contribution in [2.75, 3.05) is 5.73 Å². The molecule has 2 rings (SSSR count). The van der Waals surface area contributed by atoms with Crippen molar-refractivity contribution in [3.63, 3.8) is 0 Å². The van der Waals surface area contributed by atoms with Gasteiger partial charge in [-0.1, -0.05) is 22.0 Å². The fourth-order valence-electron chi connectivity index (χ4n) is 1.64. The Bertz CT molecular complexity index is 551. The van der Waals surface area contributed by atoms with Crippen LogP contribution in [0.5, 0.6) is 5.75 Å². The van der Waals surface area contributed by atoms with E-state index in [1.165, 1.54) is 6.07 Å². The van der Waals surface area contributed by atoms with E-state index < -0.39 is 0 Å². The van der Waals surface area contributed by atoms with Crippen LogP contribution >= 0.6 is 15.9 Å². The summed E-state index contributed by atoms with van der Waals surface area (Å²) in [4.78, 5) is 0. The van der Waals surface area contributed by atoms with Crippen molar-refractivity contribution in [3.05, 3.63) is 57.8 Å². The first-order valence-electron chi connectivity index (χ1n) is 5.48. The number of nitrogen functional groups attached to an aromatic ring is 1. The highest BCUT2D eigenvalue weighted by Crippen LogP contribution is 2.22. The highest BCUT2D eigenvalue weighted by molar-refractivity contribution is 9.10. The largest absolute Gasteiger partial charge is 0.486 e. The van der Waals surface area contributed by atoms with Gasteiger partial charge in [0.05, 0.1) is 0 Å². The summed E-state index contributed by atoms with van der Waals surface area (Å²) in [6.07, 6.45) is 0. The molecule has 0 amide bonds. The molecule has 0 radical (unpaired) electrons. The van der Waals surface area contributed by atoms with Crippen LogP contribution in [0.3, 0.4) is 0 Å². The van der Waals surface area contributed by atoms with Gasteiger partial charge in [-0.05, 0) is 48.4 Å². The second-order valence-corrected chi connectivity index (χ2v) is 5.03. The highest BCUT2D eigenvalue weighted by atomic mass is 79.9. The molecular formula is C14H13BrFNO. The molecule has 0 spiro atoms. The van der Waals surface area contributed by atoms with Crippen LogP contribution in [0.15, 0.2) is 40.9 Å². The van der Waals surface area contributed by atoms with Crippen LogP contribution in [0.1, 0.15) is 11.1 Å². The van der Waals surface area contributed by atoms with Gasteiger partial charge in [-0.25, -0.2) is 4.39 Å². The number of hydrogen-bond acceptors (Lipinski definition) is 2. The molecule has 0 heterocycles. The smallest absolute Gasteiger partial charge is 0.165 e. The Kier molecular flexibility index (Phi) is 3.87. The average molecular weight is 310 g/mol. The van der Waals surface area contributed by atoms with Crippen molar-refractivity contribution < 1.29 is 9.13 Å². The lowest BCUT2D eigenvalue weighted by molar-refractivity contribution is 0.290. The summed E-state index contributed by atoms with van der Waals surface area (Å²) in [5, 5.41) is 0. The third-order valence-electron chi connectivity index (χ3n) is 2.46. The molecule has 2 nitrogen and oxygen atoms in total. The quantitative estimate of drug-likeness (QED) is 0.868. The molecule has 0 aliphatic heterocycles. The van der Waals surface area contributed by atoms with Crippen molar-refractivity contribution in [1.82, 2.24) is 0 Å². The van der Waals surface area contributed by atoms with E-state index in [4.69, 9.17) is 10.5 Å². The summed E-state index contributed by atoms with van der Waals surface area (Å²) in [5.74, 6) is -0.0999. The van der Waals surface area contributed by atoms with Gasteiger partial charge in [0.25, 0.3) is 0 Å². The zero-order valence-electron chi connectivity index (χ0n) is 9.91. The lowest BCUT2D eigenvalue weighted by Gasteiger charge is -2.09. The zero-order chi connectivity index (χ0) is 13.1. The lowest BCUT2D eigenvalue weighted by Crippen LogP contribution is -1.99. The maximum Gasteiger partial charge on any atom is 0.165 e. The molecule has 18 heavy (non-hydrogen) atoms. The first-order valence-corrected chi connectivity index (χ1v) is 6.28. The van der Waals surface area contributed by atoms with Gasteiger partial charge in [0, 0.05) is 10.2 Å². The fourth-order valence-corrected chi connectivity index (χ4v) is 2.20. The van der Waals surface area contributed by atoms with E-state index in [9.17, 15) is 4.39 Å². The topological polar surface area (TPSA) is 35.2 Å². The number of rotatable bonds is 3. The standard InChI is InChI=1S/C14H13BrFNO/c1-9-2-3-13(16)14(4-9)18-8-10-5-11(15)7-12(17)6-10/h2-7H,8,17H2,1H3. The molecule has 94 valence electrons. The summed E-state index contributed by atoms with van der Waals surface area (Å²) in [5.41, 5.74) is 8.22. The van der Waals surface area contributed by atoms with E-state index in [-0.39, 0.29) is 18.2 Å². The van der Waals surface area contributed by atoms with Gasteiger partial charge in [0.1, 0.15) is 6.61 Å². The first-order chi connectivity index (χ1) is 8.54. The maximum atomic E-state index is 13.5. The molecule has 0 aromatic heterocycles. The number of aryl methyl sites for hydroxylation is 1. The van der Waals surface area contributed by atoms with Gasteiger partial charge in [-0.2, -0.15) is 0 Å². The van der Waals surface area contributed by atoms with Crippen LogP contribution in [0.4, 0.5) is 10.1 Å². The monoisotopic (exact) mass is 309 g/mol. The third-order valence-corrected chi connectivity index (χ3v) is 2.92. The molecule has 0 saturated heterocycles. The van der Waals surface area contributed by atoms with Gasteiger partial charge in [-0.15, -0.1) is 0 Å². The SMILES string of the molecule is Cc1ccc(F)c(OCc2cc(N)cc(Br)c2)c1. The molecule has 0 unspecified atom stereocenters. The summed E-state index contributed by atoms with van der Waals surface area (Å²) in [6, 6.07) is 10.3. The van der Waals surface area contributed by atoms with Crippen LogP contribution < -0.4 is 10.5 Å². The molecule has 0 aliphatic rings. The summed E-state index contributed by atoms with van der Waals surface area (Å²) in [6.45, 7) is 2.17. The summed E-state index contributed by atoms with van der Waals surface area (Å²) < 4.78 is 19.8. The fraction of sp³-hybridized carbons (Fsp3) is 0.143. The van der Waals surface area contributed by atoms with Crippen LogP contribution in [0.2, 0.25) is 0 Å². The van der Waals surface area contributed by atoms with E-state index in [0.29, 0.717) is 5.69 Å². The van der Waals surface area contributed by atoms with Crippen LogP contribution in [0, 0.1) is 12.7 Å². The number of anilines is 1. The predicted molar refractivity (Wildman–Crippen MR) is 74.0 cm³/mol. The molecule has 0 atom stereocenters. The molecule has 0 aliphatic carbocycles. The zero-order valence-corrected chi connectivity index (χ0v) is 11.5. The summed E-state index contributed by atoms with van der Waals surface area (Å²) >= 11 is 3.36. The number of benzene rings is 2. The number of ether oxygens (including phenoxy) is 1. The van der Waals surface area contributed by atoms with E-state index in [2.05, 4.69) is 15.9 Å². The van der Waals surface area contributed by atoms with E-state index >= 15 is 0 Å². The molecule has 2 N–H and O–H groups in total. The normalized spacial score (nSPS) is 10.4. The Hall–Kier alpha value is -1.55. The Morgan fingerprint density at radius 1 is 1.22 bits per heavy atom. The number of halogens is 2. The maximum absolute atomic E-state index is 13.5. The molecule has 0 saturated carbocycles. The van der Waals surface area contributed by atoms with Crippen LogP contribution in [-0.4, -0.2) is 0 Å². The van der Waals surface area contributed by atoms with Gasteiger partial charge in [-0.3, -0.25) is 0 Å². The lowest BCUT2D eigenvalue weighted by atomic mass is 10.2. The Labute approximate surface area is 114 Å². The van der Waals surface area contributed by atoms with Gasteiger partial charge in [0.15, 0.2) is 11.6 Å². The van der Waals surface area contributed by atoms with E-state index in [0.717, 1.165) is 15.6 Å². The minimum Gasteiger partial charge on any atom is -0.486 e. The van der Waals surface area contributed by atoms with Crippen molar-refractivity contribution in [1.29, 1.82) is 0 Å². The van der Waals surface area contributed by atoms with Crippen LogP contribution in [-0.2, 0) is 6.61 Å². The number of hydrogen-bond donors (Lipinski definition) is 1. The molecular weight excluding hydrogens is 297 g/mol. The highest BCUT2D eigenvalue weighted by Gasteiger charge is 2.04. The predicted octanol–water partition coefficient (Wildman–Crippen LogP) is 4.06. The molecule has 0 fully saturated rings. The van der Waals surface area contributed by atoms with E-state index in [1.54, 1.807) is 24.3 Å². The Morgan fingerprint density at radius 2 is 2.00 bits per heavy atom. The third kappa shape index (κ3) is 3.23. The van der Waals surface area contributed by atoms with Gasteiger partial charge >= 0.3 is 0 Å². The second-order valence-electron chi connectivity index (χ2n) is 4.12. The van der Waals surface area contributed by atoms with Crippen molar-refractivity contribution in [2.24, 2.45) is 0 Å². The number of nitrogens with two attached hydrogens (primary N) is 1. The summed E-state index contributed by atoms with van der Waals surface area (Å²) in [7, 11) is 0. The molecule has 2 aromatic rings. The Balaban J connectivity index is 2.13. The first kappa shape index (κ1) is 12.9. The van der Waals surface area contributed by atoms with Gasteiger partial charge < -0.3 is 10.5 Å². The molecule has 0 bridgehead atoms. The van der Waals surface area contributed by atoms with Crippen LogP contribution in [0.25, 0.3) is 0 Å². The van der Waals surface area contributed by atoms with Gasteiger partial charge in [0.2, 0.25) is 0 Å². The average Bonchev–Trinajstić information content (AvgIpc) is 2.29. The second kappa shape index (κ2) is 5.40. The van der Waals surface area contributed by atoms with Crippen molar-refractivity contribution >= 4 is 21.6 Å². The molecule has 2 aromatic carbocycles.